The van der Waals surface area contributed by atoms with Crippen molar-refractivity contribution < 1.29 is 2.74 Å². The van der Waals surface area contributed by atoms with E-state index in [1.807, 2.05) is 42.5 Å². The van der Waals surface area contributed by atoms with Gasteiger partial charge < -0.3 is 0 Å². The summed E-state index contributed by atoms with van der Waals surface area (Å²) >= 11 is 0. The maximum atomic E-state index is 8.46. The fourth-order valence-corrected chi connectivity index (χ4v) is 4.39. The van der Waals surface area contributed by atoms with Gasteiger partial charge in [-0.3, -0.25) is 0 Å². The molecule has 0 radical (unpaired) electrons. The maximum absolute atomic E-state index is 8.46. The lowest BCUT2D eigenvalue weighted by molar-refractivity contribution is 0.592. The van der Waals surface area contributed by atoms with E-state index >= 15 is 0 Å². The Morgan fingerprint density at radius 3 is 2.00 bits per heavy atom. The normalized spacial score (nSPS) is 13.5. The van der Waals surface area contributed by atoms with Gasteiger partial charge in [0, 0.05) is 0 Å². The van der Waals surface area contributed by atoms with E-state index in [-0.39, 0.29) is 5.41 Å². The highest BCUT2D eigenvalue weighted by Crippen LogP contribution is 2.44. The van der Waals surface area contributed by atoms with Gasteiger partial charge in [0.05, 0.1) is 2.74 Å². The molecule has 0 N–H and O–H groups in total. The minimum atomic E-state index is -0.0283. The van der Waals surface area contributed by atoms with E-state index in [1.165, 1.54) is 33.4 Å². The van der Waals surface area contributed by atoms with Crippen molar-refractivity contribution in [1.82, 2.24) is 0 Å². The average molecular weight is 377 g/mol. The topological polar surface area (TPSA) is 0 Å². The van der Waals surface area contributed by atoms with Gasteiger partial charge in [0.15, 0.2) is 0 Å². The highest BCUT2D eigenvalue weighted by Gasteiger charge is 2.26. The maximum Gasteiger partial charge on any atom is 0.0629 e. The number of benzene rings is 4. The minimum absolute atomic E-state index is 0.0283. The van der Waals surface area contributed by atoms with E-state index in [1.54, 1.807) is 0 Å². The summed E-state index contributed by atoms with van der Waals surface area (Å²) in [6, 6.07) is 28.0. The van der Waals surface area contributed by atoms with Crippen molar-refractivity contribution in [3.05, 3.63) is 108 Å². The van der Waals surface area contributed by atoms with Gasteiger partial charge in [-0.2, -0.15) is 0 Å². The zero-order valence-corrected chi connectivity index (χ0v) is 17.2. The van der Waals surface area contributed by atoms with E-state index in [0.29, 0.717) is 12.1 Å². The van der Waals surface area contributed by atoms with Crippen LogP contribution in [0.1, 0.15) is 40.2 Å². The third-order valence-corrected chi connectivity index (χ3v) is 5.85. The molecule has 4 aromatic carbocycles. The van der Waals surface area contributed by atoms with E-state index in [0.717, 1.165) is 23.1 Å². The molecule has 0 atom stereocenters. The molecule has 0 saturated heterocycles. The molecule has 0 unspecified atom stereocenters. The van der Waals surface area contributed by atoms with Gasteiger partial charge in [-0.25, -0.2) is 0 Å². The summed E-state index contributed by atoms with van der Waals surface area (Å²) in [5.41, 5.74) is 10.7. The average Bonchev–Trinajstić information content (AvgIpc) is 3.09. The fourth-order valence-electron chi connectivity index (χ4n) is 4.39. The largest absolute Gasteiger partial charge is 0.0629 e. The molecule has 0 heteroatoms. The molecule has 0 aliphatic heterocycles. The molecule has 29 heavy (non-hydrogen) atoms. The van der Waals surface area contributed by atoms with Gasteiger partial charge in [0.1, 0.15) is 0 Å². The number of rotatable bonds is 2. The number of hydrogen-bond donors (Lipinski definition) is 0. The third kappa shape index (κ3) is 3.19. The van der Waals surface area contributed by atoms with Crippen LogP contribution >= 0.6 is 0 Å². The third-order valence-electron chi connectivity index (χ3n) is 5.85. The summed E-state index contributed by atoms with van der Waals surface area (Å²) in [4.78, 5) is 0. The van der Waals surface area contributed by atoms with Crippen LogP contribution in [0.25, 0.3) is 33.4 Å². The Balaban J connectivity index is 1.67. The van der Waals surface area contributed by atoms with Crippen molar-refractivity contribution in [2.45, 2.75) is 32.6 Å². The van der Waals surface area contributed by atoms with E-state index in [2.05, 4.69) is 57.2 Å². The molecule has 0 nitrogen and oxygen atoms in total. The Hall–Kier alpha value is -3.12. The Morgan fingerprint density at radius 2 is 1.31 bits per heavy atom. The summed E-state index contributed by atoms with van der Waals surface area (Å²) < 4.78 is 16.7. The lowest BCUT2D eigenvalue weighted by Crippen LogP contribution is -2.13. The molecule has 0 fully saturated rings. The zero-order chi connectivity index (χ0) is 21.8. The van der Waals surface area contributed by atoms with Gasteiger partial charge in [0.2, 0.25) is 0 Å². The summed E-state index contributed by atoms with van der Waals surface area (Å²) in [5.74, 6) is 0. The van der Waals surface area contributed by atoms with Crippen LogP contribution in [-0.4, -0.2) is 0 Å². The van der Waals surface area contributed by atoms with Gasteiger partial charge in [-0.15, -0.1) is 0 Å². The number of hydrogen-bond acceptors (Lipinski definition) is 0. The molecule has 1 aliphatic rings. The summed E-state index contributed by atoms with van der Waals surface area (Å²) in [6.45, 7) is 6.73. The smallest absolute Gasteiger partial charge is 0.0622 e. The predicted molar refractivity (Wildman–Crippen MR) is 124 cm³/mol. The molecule has 0 aromatic heterocycles. The van der Waals surface area contributed by atoms with Crippen molar-refractivity contribution >= 4 is 0 Å². The highest BCUT2D eigenvalue weighted by molar-refractivity contribution is 5.84. The Bertz CT molecular complexity index is 1310. The SMILES string of the molecule is [2H]c1ccccc1-c1ccc2c(c1)Cc1cc(-c3ccccc3[2H])c(C(C)(C)C)cc1-2. The second-order valence-electron chi connectivity index (χ2n) is 8.91. The van der Waals surface area contributed by atoms with Gasteiger partial charge in [0.25, 0.3) is 0 Å². The molecular formula is C29H26. The quantitative estimate of drug-likeness (QED) is 0.294. The van der Waals surface area contributed by atoms with Crippen LogP contribution in [0, 0.1) is 0 Å². The second kappa shape index (κ2) is 6.74. The van der Waals surface area contributed by atoms with Crippen LogP contribution in [0.4, 0.5) is 0 Å². The van der Waals surface area contributed by atoms with E-state index < -0.39 is 0 Å². The fraction of sp³-hybridized carbons (Fsp3) is 0.172. The highest BCUT2D eigenvalue weighted by atomic mass is 14.3. The molecule has 0 saturated carbocycles. The Kier molecular flexibility index (Phi) is 3.66. The van der Waals surface area contributed by atoms with Crippen LogP contribution in [0.15, 0.2) is 90.9 Å². The lowest BCUT2D eigenvalue weighted by atomic mass is 9.80. The molecule has 1 aliphatic carbocycles. The van der Waals surface area contributed by atoms with Crippen molar-refractivity contribution in [1.29, 1.82) is 0 Å². The van der Waals surface area contributed by atoms with Crippen molar-refractivity contribution in [2.75, 3.05) is 0 Å². The van der Waals surface area contributed by atoms with Gasteiger partial charge in [-0.05, 0) is 74.0 Å². The molecule has 0 spiro atoms. The van der Waals surface area contributed by atoms with Crippen molar-refractivity contribution in [3.63, 3.8) is 0 Å². The van der Waals surface area contributed by atoms with Crippen LogP contribution in [0.2, 0.25) is 0 Å². The first kappa shape index (κ1) is 15.8. The second-order valence-corrected chi connectivity index (χ2v) is 8.91. The molecule has 0 bridgehead atoms. The summed E-state index contributed by atoms with van der Waals surface area (Å²) in [5, 5.41) is 0. The lowest BCUT2D eigenvalue weighted by Gasteiger charge is -2.25. The van der Waals surface area contributed by atoms with Gasteiger partial charge in [-0.1, -0.05) is 99.6 Å². The van der Waals surface area contributed by atoms with Gasteiger partial charge >= 0.3 is 0 Å². The molecule has 4 aromatic rings. The van der Waals surface area contributed by atoms with Crippen molar-refractivity contribution in [3.8, 4) is 33.4 Å². The monoisotopic (exact) mass is 376 g/mol. The zero-order valence-electron chi connectivity index (χ0n) is 19.2. The van der Waals surface area contributed by atoms with Crippen LogP contribution < -0.4 is 0 Å². The Morgan fingerprint density at radius 1 is 0.621 bits per heavy atom. The first-order valence-electron chi connectivity index (χ1n) is 11.3. The van der Waals surface area contributed by atoms with Crippen molar-refractivity contribution in [2.24, 2.45) is 0 Å². The Labute approximate surface area is 176 Å². The molecule has 0 heterocycles. The van der Waals surface area contributed by atoms with Crippen LogP contribution in [-0.2, 0) is 11.8 Å². The summed E-state index contributed by atoms with van der Waals surface area (Å²) in [6.07, 6.45) is 0.885. The van der Waals surface area contributed by atoms with Crippen LogP contribution in [0.5, 0.6) is 0 Å². The molecule has 5 rings (SSSR count). The standard InChI is InChI=1S/C29H26/c1-29(2,3)28-19-26-24(18-27(28)21-12-8-5-9-13-21)17-23-16-22(14-15-25(23)26)20-10-6-4-7-11-20/h4-16,18-19H,17H2,1-3H3/i10D,12D. The summed E-state index contributed by atoms with van der Waals surface area (Å²) in [7, 11) is 0. The molecule has 142 valence electrons. The van der Waals surface area contributed by atoms with E-state index in [4.69, 9.17) is 2.74 Å². The minimum Gasteiger partial charge on any atom is -0.0622 e. The molecule has 0 amide bonds. The molecular weight excluding hydrogens is 348 g/mol. The predicted octanol–water partition coefficient (Wildman–Crippen LogP) is 7.89. The first-order valence-corrected chi connectivity index (χ1v) is 10.3. The number of fused-ring (bicyclic) bond motifs is 3. The van der Waals surface area contributed by atoms with E-state index in [9.17, 15) is 0 Å². The first-order chi connectivity index (χ1) is 14.8. The van der Waals surface area contributed by atoms with Crippen LogP contribution in [0.3, 0.4) is 0 Å².